The Morgan fingerprint density at radius 2 is 2.00 bits per heavy atom. The summed E-state index contributed by atoms with van der Waals surface area (Å²) in [6.07, 6.45) is 3.25. The standard InChI is InChI=1S/C19H15BrN2O4/c20-17-8-7-15(26-17)18(23)21-13-6-5-12-3-1-9-22(14(12)11-13)19(24)16-4-2-10-25-16/h2,4-8,10-11H,1,3,9H2,(H,21,23). The van der Waals surface area contributed by atoms with E-state index in [1.165, 1.54) is 6.26 Å². The molecule has 1 aliphatic heterocycles. The molecule has 0 fully saturated rings. The fraction of sp³-hybridized carbons (Fsp3) is 0.158. The van der Waals surface area contributed by atoms with Gasteiger partial charge in [0.1, 0.15) is 0 Å². The Balaban J connectivity index is 1.61. The van der Waals surface area contributed by atoms with Gasteiger partial charge in [-0.15, -0.1) is 0 Å². The van der Waals surface area contributed by atoms with E-state index in [4.69, 9.17) is 8.83 Å². The number of hydrogen-bond donors (Lipinski definition) is 1. The van der Waals surface area contributed by atoms with Gasteiger partial charge in [-0.25, -0.2) is 0 Å². The first-order valence-corrected chi connectivity index (χ1v) is 8.96. The second-order valence-electron chi connectivity index (χ2n) is 5.94. The maximum absolute atomic E-state index is 12.7. The summed E-state index contributed by atoms with van der Waals surface area (Å²) < 4.78 is 11.0. The monoisotopic (exact) mass is 414 g/mol. The molecule has 4 rings (SSSR count). The van der Waals surface area contributed by atoms with Crippen molar-refractivity contribution in [1.29, 1.82) is 0 Å². The van der Waals surface area contributed by atoms with E-state index < -0.39 is 0 Å². The number of furan rings is 2. The summed E-state index contributed by atoms with van der Waals surface area (Å²) in [7, 11) is 0. The molecule has 0 atom stereocenters. The Bertz CT molecular complexity index is 962. The average molecular weight is 415 g/mol. The number of rotatable bonds is 3. The predicted octanol–water partition coefficient (Wildman–Crippen LogP) is 4.48. The topological polar surface area (TPSA) is 75.7 Å². The molecule has 0 bridgehead atoms. The fourth-order valence-corrected chi connectivity index (χ4v) is 3.33. The molecule has 26 heavy (non-hydrogen) atoms. The van der Waals surface area contributed by atoms with E-state index in [2.05, 4.69) is 21.2 Å². The van der Waals surface area contributed by atoms with Crippen molar-refractivity contribution in [3.63, 3.8) is 0 Å². The second kappa shape index (κ2) is 6.84. The highest BCUT2D eigenvalue weighted by Crippen LogP contribution is 2.31. The number of hydrogen-bond acceptors (Lipinski definition) is 4. The maximum atomic E-state index is 12.7. The molecule has 3 heterocycles. The van der Waals surface area contributed by atoms with E-state index >= 15 is 0 Å². The van der Waals surface area contributed by atoms with Gasteiger partial charge >= 0.3 is 0 Å². The van der Waals surface area contributed by atoms with Crippen LogP contribution in [0.1, 0.15) is 33.1 Å². The van der Waals surface area contributed by atoms with Crippen LogP contribution in [0, 0.1) is 0 Å². The van der Waals surface area contributed by atoms with E-state index in [9.17, 15) is 9.59 Å². The number of anilines is 2. The van der Waals surface area contributed by atoms with E-state index in [1.54, 1.807) is 29.2 Å². The summed E-state index contributed by atoms with van der Waals surface area (Å²) in [5.74, 6) is -0.0319. The summed E-state index contributed by atoms with van der Waals surface area (Å²) >= 11 is 3.18. The Morgan fingerprint density at radius 1 is 1.12 bits per heavy atom. The highest BCUT2D eigenvalue weighted by atomic mass is 79.9. The number of amides is 2. The Hall–Kier alpha value is -2.80. The minimum absolute atomic E-state index is 0.186. The quantitative estimate of drug-likeness (QED) is 0.685. The number of aryl methyl sites for hydroxylation is 1. The third-order valence-electron chi connectivity index (χ3n) is 4.24. The van der Waals surface area contributed by atoms with Gasteiger partial charge in [-0.3, -0.25) is 9.59 Å². The summed E-state index contributed by atoms with van der Waals surface area (Å²) in [6.45, 7) is 0.606. The lowest BCUT2D eigenvalue weighted by Crippen LogP contribution is -2.35. The van der Waals surface area contributed by atoms with Gasteiger partial charge in [0, 0.05) is 17.9 Å². The van der Waals surface area contributed by atoms with Crippen molar-refractivity contribution < 1.29 is 18.4 Å². The molecule has 0 aliphatic carbocycles. The third kappa shape index (κ3) is 3.17. The molecule has 2 aromatic heterocycles. The molecule has 1 aromatic carbocycles. The molecule has 0 unspecified atom stereocenters. The molecule has 6 nitrogen and oxygen atoms in total. The first-order chi connectivity index (χ1) is 12.6. The van der Waals surface area contributed by atoms with Gasteiger partial charge in [-0.2, -0.15) is 0 Å². The largest absolute Gasteiger partial charge is 0.459 e. The molecule has 0 saturated heterocycles. The normalized spacial score (nSPS) is 13.3. The van der Waals surface area contributed by atoms with Crippen LogP contribution in [-0.2, 0) is 6.42 Å². The van der Waals surface area contributed by atoms with Crippen molar-refractivity contribution in [2.45, 2.75) is 12.8 Å². The maximum Gasteiger partial charge on any atom is 0.293 e. The average Bonchev–Trinajstić information content (AvgIpc) is 3.32. The zero-order valence-corrected chi connectivity index (χ0v) is 15.3. The molecule has 132 valence electrons. The van der Waals surface area contributed by atoms with Gasteiger partial charge in [0.25, 0.3) is 11.8 Å². The SMILES string of the molecule is O=C(Nc1ccc2c(c1)N(C(=O)c1ccco1)CCC2)c1ccc(Br)o1. The second-order valence-corrected chi connectivity index (χ2v) is 6.72. The van der Waals surface area contributed by atoms with Crippen LogP contribution in [0.2, 0.25) is 0 Å². The van der Waals surface area contributed by atoms with E-state index in [-0.39, 0.29) is 17.6 Å². The summed E-state index contributed by atoms with van der Waals surface area (Å²) in [5, 5.41) is 2.80. The van der Waals surface area contributed by atoms with Crippen molar-refractivity contribution >= 4 is 39.1 Å². The molecule has 1 N–H and O–H groups in total. The summed E-state index contributed by atoms with van der Waals surface area (Å²) in [6, 6.07) is 12.2. The molecule has 3 aromatic rings. The van der Waals surface area contributed by atoms with E-state index in [1.807, 2.05) is 18.2 Å². The van der Waals surface area contributed by atoms with Crippen LogP contribution in [0.15, 0.2) is 62.2 Å². The number of carbonyl (C=O) groups is 2. The first-order valence-electron chi connectivity index (χ1n) is 8.17. The third-order valence-corrected chi connectivity index (χ3v) is 4.66. The zero-order valence-electron chi connectivity index (χ0n) is 13.7. The van der Waals surface area contributed by atoms with Crippen LogP contribution in [0.4, 0.5) is 11.4 Å². The smallest absolute Gasteiger partial charge is 0.293 e. The Kier molecular flexibility index (Phi) is 4.38. The highest BCUT2D eigenvalue weighted by molar-refractivity contribution is 9.10. The number of benzene rings is 1. The van der Waals surface area contributed by atoms with Crippen LogP contribution in [0.5, 0.6) is 0 Å². The number of nitrogens with one attached hydrogen (secondary N) is 1. The van der Waals surface area contributed by atoms with E-state index in [0.29, 0.717) is 22.7 Å². The van der Waals surface area contributed by atoms with Crippen LogP contribution < -0.4 is 10.2 Å². The summed E-state index contributed by atoms with van der Waals surface area (Å²) in [4.78, 5) is 26.7. The van der Waals surface area contributed by atoms with Gasteiger partial charge in [-0.1, -0.05) is 6.07 Å². The molecule has 1 aliphatic rings. The van der Waals surface area contributed by atoms with Gasteiger partial charge in [0.05, 0.1) is 6.26 Å². The van der Waals surface area contributed by atoms with Gasteiger partial charge < -0.3 is 19.1 Å². The highest BCUT2D eigenvalue weighted by Gasteiger charge is 2.25. The predicted molar refractivity (Wildman–Crippen MR) is 99.5 cm³/mol. The number of carbonyl (C=O) groups excluding carboxylic acids is 2. The minimum atomic E-state index is -0.352. The molecule has 2 amide bonds. The Labute approximate surface area is 157 Å². The number of halogens is 1. The molecular weight excluding hydrogens is 400 g/mol. The molecule has 0 spiro atoms. The molecular formula is C19H15BrN2O4. The Morgan fingerprint density at radius 3 is 2.73 bits per heavy atom. The number of fused-ring (bicyclic) bond motifs is 1. The van der Waals surface area contributed by atoms with Crippen molar-refractivity contribution in [1.82, 2.24) is 0 Å². The lowest BCUT2D eigenvalue weighted by molar-refractivity contribution is 0.0957. The lowest BCUT2D eigenvalue weighted by Gasteiger charge is -2.29. The van der Waals surface area contributed by atoms with Crippen LogP contribution in [0.3, 0.4) is 0 Å². The van der Waals surface area contributed by atoms with Gasteiger partial charge in [0.15, 0.2) is 16.2 Å². The van der Waals surface area contributed by atoms with Crippen molar-refractivity contribution in [3.8, 4) is 0 Å². The lowest BCUT2D eigenvalue weighted by atomic mass is 10.0. The molecule has 0 radical (unpaired) electrons. The van der Waals surface area contributed by atoms with Crippen molar-refractivity contribution in [3.05, 3.63) is 70.5 Å². The van der Waals surface area contributed by atoms with Crippen molar-refractivity contribution in [2.75, 3.05) is 16.8 Å². The molecule has 0 saturated carbocycles. The van der Waals surface area contributed by atoms with E-state index in [0.717, 1.165) is 24.1 Å². The zero-order chi connectivity index (χ0) is 18.1. The van der Waals surface area contributed by atoms with Crippen LogP contribution in [0.25, 0.3) is 0 Å². The number of nitrogens with zero attached hydrogens (tertiary/aromatic N) is 1. The van der Waals surface area contributed by atoms with Crippen LogP contribution >= 0.6 is 15.9 Å². The minimum Gasteiger partial charge on any atom is -0.459 e. The molecule has 7 heteroatoms. The van der Waals surface area contributed by atoms with Crippen LogP contribution in [-0.4, -0.2) is 18.4 Å². The van der Waals surface area contributed by atoms with Crippen molar-refractivity contribution in [2.24, 2.45) is 0 Å². The fourth-order valence-electron chi connectivity index (χ4n) is 3.03. The van der Waals surface area contributed by atoms with Gasteiger partial charge in [-0.05, 0) is 70.7 Å². The van der Waals surface area contributed by atoms with Gasteiger partial charge in [0.2, 0.25) is 0 Å². The summed E-state index contributed by atoms with van der Waals surface area (Å²) in [5.41, 5.74) is 2.45. The first kappa shape index (κ1) is 16.7.